The second kappa shape index (κ2) is 4.84. The highest BCUT2D eigenvalue weighted by atomic mass is 35.5. The average Bonchev–Trinajstić information content (AvgIpc) is 2.30. The van der Waals surface area contributed by atoms with E-state index in [-0.39, 0.29) is 0 Å². The first-order chi connectivity index (χ1) is 6.92. The Hall–Kier alpha value is -0.480. The Kier molecular flexibility index (Phi) is 3.48. The zero-order valence-electron chi connectivity index (χ0n) is 7.82. The average molecular weight is 230 g/mol. The van der Waals surface area contributed by atoms with Gasteiger partial charge >= 0.3 is 0 Å². The van der Waals surface area contributed by atoms with Gasteiger partial charge in [0.05, 0.1) is 5.88 Å². The van der Waals surface area contributed by atoms with E-state index in [0.29, 0.717) is 5.88 Å². The third kappa shape index (κ3) is 2.12. The normalized spacial score (nSPS) is 17.1. The van der Waals surface area contributed by atoms with Crippen molar-refractivity contribution in [2.45, 2.75) is 5.88 Å². The molecule has 1 aliphatic rings. The Morgan fingerprint density at radius 2 is 2.21 bits per heavy atom. The van der Waals surface area contributed by atoms with Gasteiger partial charge in [0.2, 0.25) is 0 Å². The molecule has 1 aromatic rings. The van der Waals surface area contributed by atoms with Gasteiger partial charge in [-0.05, 0) is 0 Å². The highest BCUT2D eigenvalue weighted by molar-refractivity contribution is 7.99. The summed E-state index contributed by atoms with van der Waals surface area (Å²) in [6, 6.07) is 0. The first-order valence-electron chi connectivity index (χ1n) is 4.59. The van der Waals surface area contributed by atoms with Crippen LogP contribution in [0.15, 0.2) is 12.5 Å². The van der Waals surface area contributed by atoms with Crippen molar-refractivity contribution >= 4 is 29.2 Å². The molecule has 0 saturated carbocycles. The molecule has 0 unspecified atom stereocenters. The van der Waals surface area contributed by atoms with Gasteiger partial charge in [-0.1, -0.05) is 0 Å². The van der Waals surface area contributed by atoms with E-state index in [9.17, 15) is 0 Å². The monoisotopic (exact) mass is 229 g/mol. The Morgan fingerprint density at radius 3 is 2.93 bits per heavy atom. The molecule has 0 amide bonds. The topological polar surface area (TPSA) is 29.0 Å². The minimum absolute atomic E-state index is 0.486. The Balaban J connectivity index is 2.20. The van der Waals surface area contributed by atoms with Crippen molar-refractivity contribution in [3.8, 4) is 0 Å². The van der Waals surface area contributed by atoms with Crippen LogP contribution in [0.25, 0.3) is 0 Å². The van der Waals surface area contributed by atoms with Crippen LogP contribution in [0, 0.1) is 0 Å². The van der Waals surface area contributed by atoms with Gasteiger partial charge < -0.3 is 4.90 Å². The van der Waals surface area contributed by atoms with E-state index in [4.69, 9.17) is 11.6 Å². The lowest BCUT2D eigenvalue weighted by atomic mass is 10.3. The van der Waals surface area contributed by atoms with Gasteiger partial charge in [0, 0.05) is 36.4 Å². The third-order valence-electron chi connectivity index (χ3n) is 2.22. The zero-order valence-corrected chi connectivity index (χ0v) is 9.39. The van der Waals surface area contributed by atoms with Crippen molar-refractivity contribution in [1.82, 2.24) is 9.97 Å². The molecule has 0 bridgehead atoms. The Bertz CT molecular complexity index is 302. The maximum atomic E-state index is 5.84. The summed E-state index contributed by atoms with van der Waals surface area (Å²) in [5, 5.41) is 0. The second-order valence-corrected chi connectivity index (χ2v) is 4.60. The number of halogens is 1. The number of rotatable bonds is 2. The van der Waals surface area contributed by atoms with Crippen LogP contribution < -0.4 is 4.90 Å². The Labute approximate surface area is 92.9 Å². The Morgan fingerprint density at radius 1 is 1.43 bits per heavy atom. The molecule has 2 rings (SSSR count). The largest absolute Gasteiger partial charge is 0.355 e. The smallest absolute Gasteiger partial charge is 0.136 e. The maximum Gasteiger partial charge on any atom is 0.136 e. The molecule has 1 aromatic heterocycles. The summed E-state index contributed by atoms with van der Waals surface area (Å²) in [7, 11) is 0. The fourth-order valence-corrected chi connectivity index (χ4v) is 2.60. The molecule has 0 radical (unpaired) electrons. The molecule has 14 heavy (non-hydrogen) atoms. The third-order valence-corrected chi connectivity index (χ3v) is 3.45. The molecular formula is C9H12ClN3S. The molecule has 0 aromatic carbocycles. The fraction of sp³-hybridized carbons (Fsp3) is 0.556. The summed E-state index contributed by atoms with van der Waals surface area (Å²) >= 11 is 7.83. The standard InChI is InChI=1S/C9H12ClN3S/c10-5-8-6-11-7-12-9(8)13-1-3-14-4-2-13/h6-7H,1-5H2. The molecule has 2 heterocycles. The predicted molar refractivity (Wildman–Crippen MR) is 61.1 cm³/mol. The van der Waals surface area contributed by atoms with Crippen molar-refractivity contribution in [1.29, 1.82) is 0 Å². The summed E-state index contributed by atoms with van der Waals surface area (Å²) in [4.78, 5) is 10.6. The van der Waals surface area contributed by atoms with Crippen LogP contribution in [0.4, 0.5) is 5.82 Å². The highest BCUT2D eigenvalue weighted by Crippen LogP contribution is 2.21. The van der Waals surface area contributed by atoms with Crippen LogP contribution in [-0.4, -0.2) is 34.6 Å². The summed E-state index contributed by atoms with van der Waals surface area (Å²) in [5.74, 6) is 3.84. The van der Waals surface area contributed by atoms with Crippen LogP contribution in [0.5, 0.6) is 0 Å². The minimum atomic E-state index is 0.486. The minimum Gasteiger partial charge on any atom is -0.355 e. The number of alkyl halides is 1. The number of hydrogen-bond donors (Lipinski definition) is 0. The fourth-order valence-electron chi connectivity index (χ4n) is 1.51. The van der Waals surface area contributed by atoms with Crippen molar-refractivity contribution in [3.05, 3.63) is 18.1 Å². The van der Waals surface area contributed by atoms with Crippen LogP contribution in [0.2, 0.25) is 0 Å². The van der Waals surface area contributed by atoms with E-state index in [1.165, 1.54) is 11.5 Å². The van der Waals surface area contributed by atoms with Gasteiger partial charge in [-0.3, -0.25) is 0 Å². The van der Waals surface area contributed by atoms with Gasteiger partial charge in [-0.2, -0.15) is 11.8 Å². The first kappa shape index (κ1) is 10.1. The zero-order chi connectivity index (χ0) is 9.80. The van der Waals surface area contributed by atoms with Gasteiger partial charge in [-0.15, -0.1) is 11.6 Å². The van der Waals surface area contributed by atoms with E-state index >= 15 is 0 Å². The maximum absolute atomic E-state index is 5.84. The van der Waals surface area contributed by atoms with Crippen LogP contribution in [-0.2, 0) is 5.88 Å². The first-order valence-corrected chi connectivity index (χ1v) is 6.28. The van der Waals surface area contributed by atoms with E-state index < -0.39 is 0 Å². The highest BCUT2D eigenvalue weighted by Gasteiger charge is 2.15. The molecule has 1 aliphatic heterocycles. The van der Waals surface area contributed by atoms with Crippen LogP contribution in [0.3, 0.4) is 0 Å². The number of hydrogen-bond acceptors (Lipinski definition) is 4. The van der Waals surface area contributed by atoms with E-state index in [1.807, 2.05) is 11.8 Å². The molecular weight excluding hydrogens is 218 g/mol. The van der Waals surface area contributed by atoms with Gasteiger partial charge in [-0.25, -0.2) is 9.97 Å². The molecule has 76 valence electrons. The van der Waals surface area contributed by atoms with Crippen molar-refractivity contribution in [2.75, 3.05) is 29.5 Å². The number of aromatic nitrogens is 2. The van der Waals surface area contributed by atoms with E-state index in [0.717, 1.165) is 24.5 Å². The van der Waals surface area contributed by atoms with Crippen LogP contribution >= 0.6 is 23.4 Å². The van der Waals surface area contributed by atoms with Gasteiger partial charge in [0.25, 0.3) is 0 Å². The van der Waals surface area contributed by atoms with Crippen LogP contribution in [0.1, 0.15) is 5.56 Å². The lowest BCUT2D eigenvalue weighted by Gasteiger charge is -2.28. The van der Waals surface area contributed by atoms with Crippen molar-refractivity contribution in [2.24, 2.45) is 0 Å². The molecule has 0 spiro atoms. The van der Waals surface area contributed by atoms with Gasteiger partial charge in [0.1, 0.15) is 12.1 Å². The lowest BCUT2D eigenvalue weighted by Crippen LogP contribution is -2.33. The summed E-state index contributed by atoms with van der Waals surface area (Å²) in [6.45, 7) is 2.12. The quantitative estimate of drug-likeness (QED) is 0.723. The predicted octanol–water partition coefficient (Wildman–Crippen LogP) is 1.77. The molecule has 5 heteroatoms. The second-order valence-electron chi connectivity index (χ2n) is 3.10. The molecule has 1 fully saturated rings. The molecule has 0 aliphatic carbocycles. The summed E-state index contributed by atoms with van der Waals surface area (Å²) < 4.78 is 0. The lowest BCUT2D eigenvalue weighted by molar-refractivity contribution is 0.827. The van der Waals surface area contributed by atoms with Crippen molar-refractivity contribution < 1.29 is 0 Å². The molecule has 0 N–H and O–H groups in total. The molecule has 3 nitrogen and oxygen atoms in total. The van der Waals surface area contributed by atoms with Gasteiger partial charge in [0.15, 0.2) is 0 Å². The summed E-state index contributed by atoms with van der Waals surface area (Å²) in [5.41, 5.74) is 1.03. The van der Waals surface area contributed by atoms with E-state index in [1.54, 1.807) is 12.5 Å². The number of nitrogens with zero attached hydrogens (tertiary/aromatic N) is 3. The summed E-state index contributed by atoms with van der Waals surface area (Å²) in [6.07, 6.45) is 3.39. The van der Waals surface area contributed by atoms with Crippen molar-refractivity contribution in [3.63, 3.8) is 0 Å². The number of thioether (sulfide) groups is 1. The van der Waals surface area contributed by atoms with E-state index in [2.05, 4.69) is 14.9 Å². The molecule has 1 saturated heterocycles. The SMILES string of the molecule is ClCc1cncnc1N1CCSCC1. The molecule has 0 atom stereocenters. The number of anilines is 1.